The molecule has 0 radical (unpaired) electrons. The van der Waals surface area contributed by atoms with Crippen LogP contribution in [0.15, 0.2) is 84.6 Å². The van der Waals surface area contributed by atoms with E-state index in [0.717, 1.165) is 22.3 Å². The van der Waals surface area contributed by atoms with Crippen molar-refractivity contribution in [2.45, 2.75) is 38.4 Å². The van der Waals surface area contributed by atoms with E-state index < -0.39 is 6.29 Å². The maximum Gasteiger partial charge on any atom is 0.286 e. The molecule has 3 aromatic rings. The van der Waals surface area contributed by atoms with Crippen molar-refractivity contribution in [3.8, 4) is 11.5 Å². The first-order chi connectivity index (χ1) is 17.2. The Balaban J connectivity index is 1.31. The smallest absolute Gasteiger partial charge is 0.286 e. The van der Waals surface area contributed by atoms with Crippen molar-refractivity contribution in [1.82, 2.24) is 5.32 Å². The van der Waals surface area contributed by atoms with Gasteiger partial charge in [0.15, 0.2) is 17.3 Å². The van der Waals surface area contributed by atoms with Crippen LogP contribution >= 0.6 is 0 Å². The minimum atomic E-state index is -0.606. The predicted octanol–water partition coefficient (Wildman–Crippen LogP) is 4.15. The Morgan fingerprint density at radius 1 is 0.943 bits per heavy atom. The summed E-state index contributed by atoms with van der Waals surface area (Å²) in [5.74, 6) is 1.25. The van der Waals surface area contributed by atoms with Gasteiger partial charge in [0.2, 0.25) is 13.1 Å². The Kier molecular flexibility index (Phi) is 6.97. The number of hydrogen-bond acceptors (Lipinski definition) is 6. The second-order valence-corrected chi connectivity index (χ2v) is 8.49. The molecule has 180 valence electrons. The van der Waals surface area contributed by atoms with Crippen LogP contribution in [-0.4, -0.2) is 24.1 Å². The summed E-state index contributed by atoms with van der Waals surface area (Å²) in [6.07, 6.45) is 1.78. The number of aliphatic hydroxyl groups is 1. The van der Waals surface area contributed by atoms with Crippen molar-refractivity contribution in [3.05, 3.63) is 107 Å². The minimum Gasteiger partial charge on any atom is -0.459 e. The van der Waals surface area contributed by atoms with E-state index in [9.17, 15) is 9.90 Å². The quantitative estimate of drug-likeness (QED) is 0.511. The Hall–Kier alpha value is -3.81. The van der Waals surface area contributed by atoms with Gasteiger partial charge >= 0.3 is 0 Å². The topological polar surface area (TPSA) is 86.3 Å². The first-order valence-corrected chi connectivity index (χ1v) is 11.6. The first kappa shape index (κ1) is 23.0. The molecule has 7 heteroatoms. The van der Waals surface area contributed by atoms with Crippen LogP contribution in [0.4, 0.5) is 0 Å². The lowest BCUT2D eigenvalue weighted by atomic mass is 9.92. The average molecular weight is 474 g/mol. The normalized spacial score (nSPS) is 18.5. The number of allylic oxidation sites excluding steroid dienone is 1. The number of hydrogen-bond donors (Lipinski definition) is 2. The number of carbonyl (C=O) groups is 1. The van der Waals surface area contributed by atoms with E-state index in [1.165, 1.54) is 0 Å². The van der Waals surface area contributed by atoms with E-state index in [0.29, 0.717) is 31.1 Å². The second kappa shape index (κ2) is 10.6. The monoisotopic (exact) mass is 473 g/mol. The standard InChI is InChI=1S/C28H27NO6/c30-16-20-6-8-21(9-7-20)17-32-27-14-23(22-10-11-24-25(12-22)34-18-33-24)13-26(35-27)28(31)29-15-19-4-2-1-3-5-19/h1-13,23,27,30H,14-18H2,(H,29,31)/t23-,27+/m0/s1. The molecule has 0 unspecified atom stereocenters. The fourth-order valence-electron chi connectivity index (χ4n) is 4.09. The fourth-order valence-corrected chi connectivity index (χ4v) is 4.09. The Morgan fingerprint density at radius 3 is 2.51 bits per heavy atom. The van der Waals surface area contributed by atoms with E-state index in [-0.39, 0.29) is 31.0 Å². The molecule has 0 bridgehead atoms. The van der Waals surface area contributed by atoms with Gasteiger partial charge in [0.1, 0.15) is 0 Å². The van der Waals surface area contributed by atoms with Crippen molar-refractivity contribution in [1.29, 1.82) is 0 Å². The van der Waals surface area contributed by atoms with Crippen LogP contribution in [-0.2, 0) is 34.0 Å². The van der Waals surface area contributed by atoms with Gasteiger partial charge in [-0.25, -0.2) is 0 Å². The number of carbonyl (C=O) groups excluding carboxylic acids is 1. The molecule has 2 atom stereocenters. The molecule has 0 aromatic heterocycles. The summed E-state index contributed by atoms with van der Waals surface area (Å²) in [6, 6.07) is 23.1. The number of nitrogens with one attached hydrogen (secondary N) is 1. The number of fused-ring (bicyclic) bond motifs is 1. The Labute approximate surface area is 203 Å². The summed E-state index contributed by atoms with van der Waals surface area (Å²) in [4.78, 5) is 13.0. The number of benzene rings is 3. The van der Waals surface area contributed by atoms with Crippen LogP contribution in [0, 0.1) is 0 Å². The highest BCUT2D eigenvalue weighted by Gasteiger charge is 2.30. The first-order valence-electron chi connectivity index (χ1n) is 11.6. The highest BCUT2D eigenvalue weighted by Crippen LogP contribution is 2.38. The molecule has 0 fully saturated rings. The van der Waals surface area contributed by atoms with Gasteiger partial charge in [-0.3, -0.25) is 4.79 Å². The van der Waals surface area contributed by atoms with Crippen LogP contribution in [0.25, 0.3) is 0 Å². The molecule has 2 aliphatic rings. The van der Waals surface area contributed by atoms with Crippen LogP contribution in [0.5, 0.6) is 11.5 Å². The van der Waals surface area contributed by atoms with Crippen LogP contribution < -0.4 is 14.8 Å². The third kappa shape index (κ3) is 5.65. The van der Waals surface area contributed by atoms with Gasteiger partial charge in [0.05, 0.1) is 13.2 Å². The molecule has 0 spiro atoms. The minimum absolute atomic E-state index is 0.00364. The SMILES string of the molecule is O=C(NCc1ccccc1)C1=C[C@H](c2ccc3c(c2)OCO3)C[C@H](OCc2ccc(CO)cc2)O1. The zero-order valence-electron chi connectivity index (χ0n) is 19.2. The molecular weight excluding hydrogens is 446 g/mol. The summed E-state index contributed by atoms with van der Waals surface area (Å²) >= 11 is 0. The lowest BCUT2D eigenvalue weighted by molar-refractivity contribution is -0.150. The third-order valence-electron chi connectivity index (χ3n) is 6.04. The molecule has 5 rings (SSSR count). The van der Waals surface area contributed by atoms with E-state index in [1.54, 1.807) is 0 Å². The maximum atomic E-state index is 13.0. The van der Waals surface area contributed by atoms with Crippen LogP contribution in [0.2, 0.25) is 0 Å². The summed E-state index contributed by atoms with van der Waals surface area (Å²) < 4.78 is 23.0. The molecule has 7 nitrogen and oxygen atoms in total. The number of ether oxygens (including phenoxy) is 4. The molecule has 1 amide bonds. The predicted molar refractivity (Wildman–Crippen MR) is 128 cm³/mol. The largest absolute Gasteiger partial charge is 0.459 e. The van der Waals surface area contributed by atoms with Gasteiger partial charge < -0.3 is 29.4 Å². The van der Waals surface area contributed by atoms with E-state index >= 15 is 0 Å². The highest BCUT2D eigenvalue weighted by molar-refractivity contribution is 5.91. The third-order valence-corrected chi connectivity index (χ3v) is 6.04. The molecule has 35 heavy (non-hydrogen) atoms. The van der Waals surface area contributed by atoms with E-state index in [2.05, 4.69) is 5.32 Å². The van der Waals surface area contributed by atoms with Gasteiger partial charge in [0, 0.05) is 18.9 Å². The summed E-state index contributed by atoms with van der Waals surface area (Å²) in [5.41, 5.74) is 3.79. The fraction of sp³-hybridized carbons (Fsp3) is 0.250. The zero-order valence-corrected chi connectivity index (χ0v) is 19.2. The van der Waals surface area contributed by atoms with Crippen LogP contribution in [0.1, 0.15) is 34.6 Å². The summed E-state index contributed by atoms with van der Waals surface area (Å²) in [6.45, 7) is 0.924. The summed E-state index contributed by atoms with van der Waals surface area (Å²) in [5, 5.41) is 12.2. The number of amides is 1. The molecule has 2 heterocycles. The molecule has 3 aromatic carbocycles. The van der Waals surface area contributed by atoms with Crippen molar-refractivity contribution < 1.29 is 28.8 Å². The van der Waals surface area contributed by atoms with Crippen molar-refractivity contribution >= 4 is 5.91 Å². The van der Waals surface area contributed by atoms with Gasteiger partial charge in [-0.1, -0.05) is 60.7 Å². The molecular formula is C28H27NO6. The molecule has 2 aliphatic heterocycles. The molecule has 0 saturated carbocycles. The maximum absolute atomic E-state index is 13.0. The molecule has 0 saturated heterocycles. The lowest BCUT2D eigenvalue weighted by Gasteiger charge is -2.29. The van der Waals surface area contributed by atoms with E-state index in [4.69, 9.17) is 18.9 Å². The lowest BCUT2D eigenvalue weighted by Crippen LogP contribution is -2.32. The van der Waals surface area contributed by atoms with Gasteiger partial charge in [-0.05, 0) is 40.5 Å². The van der Waals surface area contributed by atoms with Gasteiger partial charge in [0.25, 0.3) is 5.91 Å². The number of aliphatic hydroxyl groups excluding tert-OH is 1. The Bertz CT molecular complexity index is 1190. The van der Waals surface area contributed by atoms with Crippen molar-refractivity contribution in [2.24, 2.45) is 0 Å². The second-order valence-electron chi connectivity index (χ2n) is 8.49. The molecule has 0 aliphatic carbocycles. The summed E-state index contributed by atoms with van der Waals surface area (Å²) in [7, 11) is 0. The highest BCUT2D eigenvalue weighted by atomic mass is 16.7. The molecule has 2 N–H and O–H groups in total. The van der Waals surface area contributed by atoms with Crippen molar-refractivity contribution in [3.63, 3.8) is 0 Å². The zero-order chi connectivity index (χ0) is 24.0. The van der Waals surface area contributed by atoms with Crippen LogP contribution in [0.3, 0.4) is 0 Å². The average Bonchev–Trinajstić information content (AvgIpc) is 3.39. The van der Waals surface area contributed by atoms with Crippen molar-refractivity contribution in [2.75, 3.05) is 6.79 Å². The van der Waals surface area contributed by atoms with Gasteiger partial charge in [-0.15, -0.1) is 0 Å². The number of rotatable bonds is 8. The van der Waals surface area contributed by atoms with E-state index in [1.807, 2.05) is 78.9 Å². The Morgan fingerprint density at radius 2 is 1.71 bits per heavy atom. The van der Waals surface area contributed by atoms with Gasteiger partial charge in [-0.2, -0.15) is 0 Å².